The van der Waals surface area contributed by atoms with Crippen molar-refractivity contribution >= 4 is 16.3 Å². The number of nitrogens with one attached hydrogen (secondary N) is 1. The standard InChI is InChI=1S/C13H21NO4S/c1-3-4-5-6-7-11(2)14-19(16,17)13-9-8-12(10-15)18-13/h8-11,14H,3-7H2,1-2H3. The highest BCUT2D eigenvalue weighted by Crippen LogP contribution is 2.14. The van der Waals surface area contributed by atoms with Crippen LogP contribution in [-0.2, 0) is 10.0 Å². The van der Waals surface area contributed by atoms with Crippen LogP contribution in [0.15, 0.2) is 21.6 Å². The maximum atomic E-state index is 11.9. The SMILES string of the molecule is CCCCCCC(C)NS(=O)(=O)c1ccc(C=O)o1. The molecule has 0 spiro atoms. The fraction of sp³-hybridized carbons (Fsp3) is 0.615. The molecule has 0 aliphatic carbocycles. The first-order valence-electron chi connectivity index (χ1n) is 6.57. The molecule has 108 valence electrons. The number of carbonyl (C=O) groups excluding carboxylic acids is 1. The van der Waals surface area contributed by atoms with Crippen molar-refractivity contribution in [3.05, 3.63) is 17.9 Å². The third kappa shape index (κ3) is 5.16. The Balaban J connectivity index is 2.51. The van der Waals surface area contributed by atoms with Gasteiger partial charge >= 0.3 is 0 Å². The third-order valence-corrected chi connectivity index (χ3v) is 4.29. The lowest BCUT2D eigenvalue weighted by Crippen LogP contribution is -2.32. The molecular weight excluding hydrogens is 266 g/mol. The lowest BCUT2D eigenvalue weighted by atomic mass is 10.1. The van der Waals surface area contributed by atoms with Crippen molar-refractivity contribution in [3.8, 4) is 0 Å². The summed E-state index contributed by atoms with van der Waals surface area (Å²) in [6.07, 6.45) is 5.70. The van der Waals surface area contributed by atoms with Gasteiger partial charge in [0.1, 0.15) is 0 Å². The van der Waals surface area contributed by atoms with Crippen LogP contribution in [0.25, 0.3) is 0 Å². The highest BCUT2D eigenvalue weighted by Gasteiger charge is 2.20. The summed E-state index contributed by atoms with van der Waals surface area (Å²) in [6, 6.07) is 2.48. The number of furan rings is 1. The number of rotatable bonds is 9. The topological polar surface area (TPSA) is 76.4 Å². The molecule has 0 radical (unpaired) electrons. The van der Waals surface area contributed by atoms with Gasteiger partial charge in [0.25, 0.3) is 10.0 Å². The van der Waals surface area contributed by atoms with Gasteiger partial charge in [0.15, 0.2) is 12.0 Å². The number of unbranched alkanes of at least 4 members (excludes halogenated alkanes) is 3. The molecule has 0 saturated carbocycles. The van der Waals surface area contributed by atoms with Crippen LogP contribution >= 0.6 is 0 Å². The smallest absolute Gasteiger partial charge is 0.274 e. The summed E-state index contributed by atoms with van der Waals surface area (Å²) < 4.78 is 31.4. The summed E-state index contributed by atoms with van der Waals surface area (Å²) in [7, 11) is -3.67. The summed E-state index contributed by atoms with van der Waals surface area (Å²) in [5.74, 6) is 0.0102. The highest BCUT2D eigenvalue weighted by atomic mass is 32.2. The van der Waals surface area contributed by atoms with Crippen LogP contribution in [0.4, 0.5) is 0 Å². The largest absolute Gasteiger partial charge is 0.440 e. The number of hydrogen-bond acceptors (Lipinski definition) is 4. The molecule has 6 heteroatoms. The number of aldehydes is 1. The van der Waals surface area contributed by atoms with Crippen LogP contribution in [0.1, 0.15) is 56.5 Å². The number of sulfonamides is 1. The van der Waals surface area contributed by atoms with Crippen molar-refractivity contribution in [1.82, 2.24) is 4.72 Å². The molecule has 0 amide bonds. The van der Waals surface area contributed by atoms with E-state index >= 15 is 0 Å². The molecule has 1 rings (SSSR count). The fourth-order valence-electron chi connectivity index (χ4n) is 1.80. The molecule has 1 unspecified atom stereocenters. The lowest BCUT2D eigenvalue weighted by Gasteiger charge is -2.12. The van der Waals surface area contributed by atoms with Crippen molar-refractivity contribution < 1.29 is 17.6 Å². The van der Waals surface area contributed by atoms with Crippen LogP contribution in [0.5, 0.6) is 0 Å². The Hall–Kier alpha value is -1.14. The first kappa shape index (κ1) is 15.9. The second-order valence-electron chi connectivity index (χ2n) is 4.65. The van der Waals surface area contributed by atoms with Gasteiger partial charge in [-0.3, -0.25) is 4.79 Å². The Bertz CT molecular complexity index is 492. The van der Waals surface area contributed by atoms with Gasteiger partial charge < -0.3 is 4.42 Å². The van der Waals surface area contributed by atoms with E-state index in [0.29, 0.717) is 6.29 Å². The van der Waals surface area contributed by atoms with E-state index in [1.807, 2.05) is 6.92 Å². The number of carbonyl (C=O) groups is 1. The Morgan fingerprint density at radius 3 is 2.63 bits per heavy atom. The van der Waals surface area contributed by atoms with Gasteiger partial charge in [0.2, 0.25) is 5.09 Å². The monoisotopic (exact) mass is 287 g/mol. The molecule has 0 fully saturated rings. The summed E-state index contributed by atoms with van der Waals surface area (Å²) in [5.41, 5.74) is 0. The van der Waals surface area contributed by atoms with Crippen molar-refractivity contribution in [3.63, 3.8) is 0 Å². The average Bonchev–Trinajstić information content (AvgIpc) is 2.83. The minimum atomic E-state index is -3.67. The molecule has 0 aromatic carbocycles. The van der Waals surface area contributed by atoms with Crippen molar-refractivity contribution in [2.75, 3.05) is 0 Å². The van der Waals surface area contributed by atoms with Crippen molar-refractivity contribution in [2.45, 2.75) is 57.1 Å². The minimum absolute atomic E-state index is 0.0102. The van der Waals surface area contributed by atoms with Gasteiger partial charge in [0.05, 0.1) is 0 Å². The van der Waals surface area contributed by atoms with E-state index in [9.17, 15) is 13.2 Å². The van der Waals surface area contributed by atoms with E-state index in [0.717, 1.165) is 25.7 Å². The second-order valence-corrected chi connectivity index (χ2v) is 6.29. The Kier molecular flexibility index (Phi) is 6.24. The summed E-state index contributed by atoms with van der Waals surface area (Å²) in [4.78, 5) is 10.5. The first-order chi connectivity index (χ1) is 8.99. The summed E-state index contributed by atoms with van der Waals surface area (Å²) in [6.45, 7) is 3.96. The molecule has 1 aromatic rings. The van der Waals surface area contributed by atoms with Crippen LogP contribution in [0.2, 0.25) is 0 Å². The maximum Gasteiger partial charge on any atom is 0.274 e. The summed E-state index contributed by atoms with van der Waals surface area (Å²) >= 11 is 0. The molecule has 1 atom stereocenters. The van der Waals surface area contributed by atoms with E-state index in [2.05, 4.69) is 11.6 Å². The zero-order chi connectivity index (χ0) is 14.3. The molecule has 0 saturated heterocycles. The van der Waals surface area contributed by atoms with Crippen molar-refractivity contribution in [1.29, 1.82) is 0 Å². The van der Waals surface area contributed by atoms with E-state index in [1.54, 1.807) is 0 Å². The van der Waals surface area contributed by atoms with E-state index in [4.69, 9.17) is 4.42 Å². The lowest BCUT2D eigenvalue weighted by molar-refractivity contribution is 0.109. The molecule has 19 heavy (non-hydrogen) atoms. The third-order valence-electron chi connectivity index (χ3n) is 2.83. The van der Waals surface area contributed by atoms with Gasteiger partial charge in [-0.1, -0.05) is 32.6 Å². The molecule has 1 aromatic heterocycles. The van der Waals surface area contributed by atoms with Gasteiger partial charge in [-0.25, -0.2) is 13.1 Å². The molecule has 0 aliphatic rings. The second kappa shape index (κ2) is 7.45. The zero-order valence-electron chi connectivity index (χ0n) is 11.4. The van der Waals surface area contributed by atoms with Gasteiger partial charge in [0, 0.05) is 6.04 Å². The number of hydrogen-bond donors (Lipinski definition) is 1. The predicted molar refractivity (Wildman–Crippen MR) is 72.6 cm³/mol. The van der Waals surface area contributed by atoms with E-state index < -0.39 is 10.0 Å². The highest BCUT2D eigenvalue weighted by molar-refractivity contribution is 7.89. The molecule has 0 bridgehead atoms. The summed E-state index contributed by atoms with van der Waals surface area (Å²) in [5, 5.41) is -0.213. The first-order valence-corrected chi connectivity index (χ1v) is 8.05. The molecular formula is C13H21NO4S. The normalized spacial score (nSPS) is 13.4. The van der Waals surface area contributed by atoms with Gasteiger partial charge in [-0.05, 0) is 25.5 Å². The van der Waals surface area contributed by atoms with Crippen LogP contribution in [0.3, 0.4) is 0 Å². The van der Waals surface area contributed by atoms with Gasteiger partial charge in [-0.15, -0.1) is 0 Å². The Morgan fingerprint density at radius 2 is 2.05 bits per heavy atom. The fourth-order valence-corrected chi connectivity index (χ4v) is 3.02. The quantitative estimate of drug-likeness (QED) is 0.559. The van der Waals surface area contributed by atoms with Crippen molar-refractivity contribution in [2.24, 2.45) is 0 Å². The zero-order valence-corrected chi connectivity index (χ0v) is 12.2. The van der Waals surface area contributed by atoms with Crippen LogP contribution < -0.4 is 4.72 Å². The van der Waals surface area contributed by atoms with Gasteiger partial charge in [-0.2, -0.15) is 0 Å². The van der Waals surface area contributed by atoms with Crippen LogP contribution in [-0.4, -0.2) is 20.7 Å². The van der Waals surface area contributed by atoms with Crippen LogP contribution in [0, 0.1) is 0 Å². The molecule has 0 aliphatic heterocycles. The van der Waals surface area contributed by atoms with E-state index in [1.165, 1.54) is 18.6 Å². The molecule has 1 heterocycles. The predicted octanol–water partition coefficient (Wildman–Crippen LogP) is 2.73. The average molecular weight is 287 g/mol. The molecule has 5 nitrogen and oxygen atoms in total. The Morgan fingerprint density at radius 1 is 1.32 bits per heavy atom. The Labute approximate surface area is 114 Å². The molecule has 1 N–H and O–H groups in total. The van der Waals surface area contributed by atoms with E-state index in [-0.39, 0.29) is 16.9 Å². The maximum absolute atomic E-state index is 11.9. The minimum Gasteiger partial charge on any atom is -0.440 e.